The molecule has 1 saturated carbocycles. The van der Waals surface area contributed by atoms with Gasteiger partial charge in [-0.2, -0.15) is 5.26 Å². The number of sulfone groups is 1. The van der Waals surface area contributed by atoms with E-state index in [0.29, 0.717) is 6.29 Å². The Bertz CT molecular complexity index is 642. The Morgan fingerprint density at radius 1 is 1.37 bits per heavy atom. The summed E-state index contributed by atoms with van der Waals surface area (Å²) < 4.78 is 23.4. The molecule has 0 spiro atoms. The molecule has 1 aromatic rings. The lowest BCUT2D eigenvalue weighted by atomic mass is 10.0. The summed E-state index contributed by atoms with van der Waals surface area (Å²) >= 11 is 0. The second kappa shape index (κ2) is 4.46. The molecule has 1 aromatic carbocycles. The Kier molecular flexibility index (Phi) is 3.23. The predicted octanol–water partition coefficient (Wildman–Crippen LogP) is 1.47. The summed E-state index contributed by atoms with van der Waals surface area (Å²) in [6.45, 7) is 2.02. The molecule has 3 atom stereocenters. The maximum absolute atomic E-state index is 11.7. The van der Waals surface area contributed by atoms with Crippen LogP contribution in [0.2, 0.25) is 0 Å². The minimum absolute atomic E-state index is 0.483. The fourth-order valence-corrected chi connectivity index (χ4v) is 4.45. The second-order valence-electron chi connectivity index (χ2n) is 4.99. The van der Waals surface area contributed by atoms with Gasteiger partial charge in [0.15, 0.2) is 9.84 Å². The van der Waals surface area contributed by atoms with E-state index in [2.05, 4.69) is 0 Å². The van der Waals surface area contributed by atoms with Gasteiger partial charge in [-0.25, -0.2) is 8.42 Å². The van der Waals surface area contributed by atoms with Gasteiger partial charge in [-0.3, -0.25) is 0 Å². The van der Waals surface area contributed by atoms with E-state index in [-0.39, 0.29) is 0 Å². The van der Waals surface area contributed by atoms with Crippen LogP contribution in [0.4, 0.5) is 0 Å². The average molecular weight is 277 g/mol. The quantitative estimate of drug-likeness (QED) is 0.781. The number of hydrogen-bond acceptors (Lipinski definition) is 4. The Balaban J connectivity index is 2.44. The van der Waals surface area contributed by atoms with E-state index in [4.69, 9.17) is 0 Å². The minimum atomic E-state index is -3.43. The molecule has 0 bridgehead atoms. The molecule has 0 unspecified atom stereocenters. The first kappa shape index (κ1) is 13.8. The zero-order chi connectivity index (χ0) is 14.3. The van der Waals surface area contributed by atoms with E-state index in [1.807, 2.05) is 37.3 Å². The van der Waals surface area contributed by atoms with Crippen LogP contribution in [0.25, 0.3) is 0 Å². The Morgan fingerprint density at radius 2 is 1.95 bits per heavy atom. The Morgan fingerprint density at radius 3 is 2.26 bits per heavy atom. The van der Waals surface area contributed by atoms with Gasteiger partial charge in [-0.05, 0) is 17.5 Å². The van der Waals surface area contributed by atoms with E-state index in [1.165, 1.54) is 0 Å². The summed E-state index contributed by atoms with van der Waals surface area (Å²) in [5.41, 5.74) is 0.455. The molecule has 1 fully saturated rings. The van der Waals surface area contributed by atoms with Gasteiger partial charge in [0.25, 0.3) is 0 Å². The first-order chi connectivity index (χ1) is 8.90. The van der Waals surface area contributed by atoms with Gasteiger partial charge in [-0.1, -0.05) is 31.2 Å². The predicted molar refractivity (Wildman–Crippen MR) is 71.3 cm³/mol. The van der Waals surface area contributed by atoms with Crippen molar-refractivity contribution in [3.63, 3.8) is 0 Å². The molecule has 100 valence electrons. The highest BCUT2D eigenvalue weighted by atomic mass is 32.2. The van der Waals surface area contributed by atoms with Crippen molar-refractivity contribution >= 4 is 16.1 Å². The highest BCUT2D eigenvalue weighted by molar-refractivity contribution is 7.91. The van der Waals surface area contributed by atoms with Crippen molar-refractivity contribution < 1.29 is 13.2 Å². The van der Waals surface area contributed by atoms with Gasteiger partial charge in [0, 0.05) is 12.2 Å². The largest absolute Gasteiger partial charge is 0.302 e. The summed E-state index contributed by atoms with van der Waals surface area (Å²) in [6.07, 6.45) is 2.45. The van der Waals surface area contributed by atoms with Crippen LogP contribution in [-0.4, -0.2) is 26.2 Å². The van der Waals surface area contributed by atoms with Crippen LogP contribution in [-0.2, 0) is 21.1 Å². The number of carbonyl (C=O) groups excluding carboxylic acids is 1. The SMILES string of the molecule is CCc1ccc([C@@H]2[C@@H](S(C)(=O)=O)[C@]2(C#N)C=O)cc1. The van der Waals surface area contributed by atoms with Gasteiger partial charge in [0.1, 0.15) is 11.7 Å². The number of rotatable bonds is 4. The number of carbonyl (C=O) groups is 1. The Hall–Kier alpha value is -1.67. The monoisotopic (exact) mass is 277 g/mol. The highest BCUT2D eigenvalue weighted by Gasteiger charge is 2.71. The second-order valence-corrected chi connectivity index (χ2v) is 7.15. The average Bonchev–Trinajstić information content (AvgIpc) is 3.09. The van der Waals surface area contributed by atoms with E-state index in [9.17, 15) is 18.5 Å². The third kappa shape index (κ3) is 2.06. The topological polar surface area (TPSA) is 75.0 Å². The van der Waals surface area contributed by atoms with E-state index in [1.54, 1.807) is 0 Å². The third-order valence-electron chi connectivity index (χ3n) is 3.78. The van der Waals surface area contributed by atoms with Crippen LogP contribution in [0.5, 0.6) is 0 Å². The van der Waals surface area contributed by atoms with Gasteiger partial charge in [0.2, 0.25) is 0 Å². The molecule has 4 nitrogen and oxygen atoms in total. The number of aryl methyl sites for hydroxylation is 1. The fourth-order valence-electron chi connectivity index (χ4n) is 2.69. The molecular formula is C14H15NO3S. The van der Waals surface area contributed by atoms with Crippen LogP contribution >= 0.6 is 0 Å². The van der Waals surface area contributed by atoms with Gasteiger partial charge < -0.3 is 4.79 Å². The summed E-state index contributed by atoms with van der Waals surface area (Å²) in [6, 6.07) is 9.31. The lowest BCUT2D eigenvalue weighted by Crippen LogP contribution is -2.14. The molecule has 0 radical (unpaired) electrons. The number of aldehydes is 1. The number of benzene rings is 1. The van der Waals surface area contributed by atoms with Gasteiger partial charge >= 0.3 is 0 Å². The van der Waals surface area contributed by atoms with Crippen molar-refractivity contribution in [3.8, 4) is 6.07 Å². The van der Waals surface area contributed by atoms with Crippen LogP contribution in [0.3, 0.4) is 0 Å². The smallest absolute Gasteiger partial charge is 0.153 e. The van der Waals surface area contributed by atoms with E-state index < -0.39 is 26.4 Å². The maximum Gasteiger partial charge on any atom is 0.153 e. The Labute approximate surface area is 113 Å². The van der Waals surface area contributed by atoms with E-state index >= 15 is 0 Å². The van der Waals surface area contributed by atoms with Crippen LogP contribution in [0.1, 0.15) is 24.0 Å². The van der Waals surface area contributed by atoms with Crippen molar-refractivity contribution in [3.05, 3.63) is 35.4 Å². The zero-order valence-electron chi connectivity index (χ0n) is 10.8. The molecule has 0 aliphatic heterocycles. The first-order valence-corrected chi connectivity index (χ1v) is 8.01. The van der Waals surface area contributed by atoms with Crippen molar-refractivity contribution in [2.75, 3.05) is 6.26 Å². The lowest BCUT2D eigenvalue weighted by molar-refractivity contribution is -0.110. The number of hydrogen-bond donors (Lipinski definition) is 0. The minimum Gasteiger partial charge on any atom is -0.302 e. The van der Waals surface area contributed by atoms with Crippen LogP contribution in [0.15, 0.2) is 24.3 Å². The van der Waals surface area contributed by atoms with Crippen molar-refractivity contribution in [1.29, 1.82) is 5.26 Å². The molecule has 0 amide bonds. The maximum atomic E-state index is 11.7. The lowest BCUT2D eigenvalue weighted by Gasteiger charge is -2.02. The normalized spacial score (nSPS) is 29.5. The molecule has 0 heterocycles. The third-order valence-corrected chi connectivity index (χ3v) is 5.36. The van der Waals surface area contributed by atoms with Gasteiger partial charge in [-0.15, -0.1) is 0 Å². The molecule has 0 saturated heterocycles. The highest BCUT2D eigenvalue weighted by Crippen LogP contribution is 2.61. The molecule has 1 aliphatic rings. The zero-order valence-corrected chi connectivity index (χ0v) is 11.6. The summed E-state index contributed by atoms with van der Waals surface area (Å²) in [5.74, 6) is -0.545. The van der Waals surface area contributed by atoms with Crippen LogP contribution in [0, 0.1) is 16.7 Å². The molecule has 2 rings (SSSR count). The van der Waals surface area contributed by atoms with Gasteiger partial charge in [0.05, 0.1) is 11.3 Å². The van der Waals surface area contributed by atoms with Crippen molar-refractivity contribution in [2.24, 2.45) is 5.41 Å². The first-order valence-electron chi connectivity index (χ1n) is 6.06. The van der Waals surface area contributed by atoms with E-state index in [0.717, 1.165) is 23.8 Å². The molecule has 0 N–H and O–H groups in total. The molecular weight excluding hydrogens is 262 g/mol. The molecule has 5 heteroatoms. The molecule has 19 heavy (non-hydrogen) atoms. The summed E-state index contributed by atoms with van der Waals surface area (Å²) in [4.78, 5) is 11.2. The molecule has 0 aromatic heterocycles. The van der Waals surface area contributed by atoms with Crippen molar-refractivity contribution in [1.82, 2.24) is 0 Å². The number of nitriles is 1. The van der Waals surface area contributed by atoms with Crippen LogP contribution < -0.4 is 0 Å². The standard InChI is InChI=1S/C14H15NO3S/c1-3-10-4-6-11(7-5-10)12-13(19(2,17)18)14(12,8-15)9-16/h4-7,9,12-13H,3H2,1-2H3/t12-,13-,14-/m1/s1. The molecule has 1 aliphatic carbocycles. The number of nitrogens with zero attached hydrogens (tertiary/aromatic N) is 1. The fraction of sp³-hybridized carbons (Fsp3) is 0.429. The summed E-state index contributed by atoms with van der Waals surface area (Å²) in [5, 5.41) is 8.26. The summed E-state index contributed by atoms with van der Waals surface area (Å²) in [7, 11) is -3.43. The van der Waals surface area contributed by atoms with Crippen molar-refractivity contribution in [2.45, 2.75) is 24.5 Å².